The molecule has 1 aromatic carbocycles. The second kappa shape index (κ2) is 6.05. The first-order valence-corrected chi connectivity index (χ1v) is 6.79. The summed E-state index contributed by atoms with van der Waals surface area (Å²) in [6, 6.07) is 7.90. The Bertz CT molecular complexity index is 347. The average Bonchev–Trinajstić information content (AvgIpc) is 2.39. The van der Waals surface area contributed by atoms with E-state index in [-0.39, 0.29) is 5.54 Å². The Morgan fingerprint density at radius 3 is 2.41 bits per heavy atom. The number of benzene rings is 1. The third-order valence-corrected chi connectivity index (χ3v) is 4.05. The minimum atomic E-state index is 0.0272. The van der Waals surface area contributed by atoms with Gasteiger partial charge < -0.3 is 10.1 Å². The molecule has 0 atom stereocenters. The van der Waals surface area contributed by atoms with E-state index >= 15 is 0 Å². The van der Waals surface area contributed by atoms with Crippen LogP contribution >= 0.6 is 23.2 Å². The molecule has 17 heavy (non-hydrogen) atoms. The molecule has 1 heterocycles. The Kier molecular flexibility index (Phi) is 4.69. The fraction of sp³-hybridized carbons (Fsp3) is 0.538. The SMILES string of the molecule is ClCC1(NCc2ccc(Cl)cc2)CCOCC1. The Morgan fingerprint density at radius 1 is 1.18 bits per heavy atom. The number of nitrogens with one attached hydrogen (secondary N) is 1. The van der Waals surface area contributed by atoms with Crippen LogP contribution in [-0.2, 0) is 11.3 Å². The van der Waals surface area contributed by atoms with Crippen molar-refractivity contribution in [3.63, 3.8) is 0 Å². The molecule has 1 N–H and O–H groups in total. The van der Waals surface area contributed by atoms with E-state index in [1.165, 1.54) is 5.56 Å². The molecule has 1 aliphatic rings. The van der Waals surface area contributed by atoms with Crippen LogP contribution in [0.4, 0.5) is 0 Å². The van der Waals surface area contributed by atoms with E-state index in [1.54, 1.807) is 0 Å². The van der Waals surface area contributed by atoms with Crippen molar-refractivity contribution >= 4 is 23.2 Å². The molecule has 4 heteroatoms. The average molecular weight is 274 g/mol. The van der Waals surface area contributed by atoms with Crippen LogP contribution in [0.3, 0.4) is 0 Å². The Labute approximate surface area is 112 Å². The van der Waals surface area contributed by atoms with Gasteiger partial charge in [-0.05, 0) is 30.5 Å². The molecule has 2 rings (SSSR count). The number of alkyl halides is 1. The third kappa shape index (κ3) is 3.59. The zero-order valence-electron chi connectivity index (χ0n) is 9.72. The van der Waals surface area contributed by atoms with E-state index in [9.17, 15) is 0 Å². The lowest BCUT2D eigenvalue weighted by Crippen LogP contribution is -2.50. The lowest BCUT2D eigenvalue weighted by Gasteiger charge is -2.36. The van der Waals surface area contributed by atoms with Gasteiger partial charge in [-0.1, -0.05) is 23.7 Å². The second-order valence-corrected chi connectivity index (χ2v) is 5.21. The highest BCUT2D eigenvalue weighted by molar-refractivity contribution is 6.30. The van der Waals surface area contributed by atoms with Crippen LogP contribution in [-0.4, -0.2) is 24.6 Å². The smallest absolute Gasteiger partial charge is 0.0484 e. The van der Waals surface area contributed by atoms with Crippen molar-refractivity contribution in [2.75, 3.05) is 19.1 Å². The first kappa shape index (κ1) is 13.2. The largest absolute Gasteiger partial charge is 0.381 e. The van der Waals surface area contributed by atoms with Crippen molar-refractivity contribution < 1.29 is 4.74 Å². The highest BCUT2D eigenvalue weighted by Crippen LogP contribution is 2.23. The minimum absolute atomic E-state index is 0.0272. The Hall–Kier alpha value is -0.280. The number of halogens is 2. The molecule has 1 fully saturated rings. The highest BCUT2D eigenvalue weighted by atomic mass is 35.5. The maximum Gasteiger partial charge on any atom is 0.0484 e. The Balaban J connectivity index is 1.93. The van der Waals surface area contributed by atoms with Gasteiger partial charge in [-0.2, -0.15) is 0 Å². The normalized spacial score (nSPS) is 19.2. The van der Waals surface area contributed by atoms with Gasteiger partial charge in [-0.15, -0.1) is 11.6 Å². The van der Waals surface area contributed by atoms with Gasteiger partial charge in [0, 0.05) is 36.2 Å². The fourth-order valence-corrected chi connectivity index (χ4v) is 2.50. The zero-order valence-corrected chi connectivity index (χ0v) is 11.2. The van der Waals surface area contributed by atoms with Gasteiger partial charge in [-0.3, -0.25) is 0 Å². The summed E-state index contributed by atoms with van der Waals surface area (Å²) < 4.78 is 5.38. The molecule has 0 unspecified atom stereocenters. The molecular weight excluding hydrogens is 257 g/mol. The van der Waals surface area contributed by atoms with E-state index < -0.39 is 0 Å². The van der Waals surface area contributed by atoms with Crippen LogP contribution < -0.4 is 5.32 Å². The van der Waals surface area contributed by atoms with Gasteiger partial charge in [-0.25, -0.2) is 0 Å². The lowest BCUT2D eigenvalue weighted by atomic mass is 9.92. The van der Waals surface area contributed by atoms with Crippen molar-refractivity contribution in [2.45, 2.75) is 24.9 Å². The number of hydrogen-bond donors (Lipinski definition) is 1. The third-order valence-electron chi connectivity index (χ3n) is 3.29. The molecule has 2 nitrogen and oxygen atoms in total. The Morgan fingerprint density at radius 2 is 1.82 bits per heavy atom. The molecule has 1 saturated heterocycles. The van der Waals surface area contributed by atoms with Crippen LogP contribution in [0, 0.1) is 0 Å². The van der Waals surface area contributed by atoms with E-state index in [4.69, 9.17) is 27.9 Å². The molecule has 0 aliphatic carbocycles. The highest BCUT2D eigenvalue weighted by Gasteiger charge is 2.30. The maximum absolute atomic E-state index is 6.09. The van der Waals surface area contributed by atoms with Crippen molar-refractivity contribution in [1.29, 1.82) is 0 Å². The van der Waals surface area contributed by atoms with Crippen LogP contribution in [0.5, 0.6) is 0 Å². The molecule has 0 radical (unpaired) electrons. The van der Waals surface area contributed by atoms with Gasteiger partial charge >= 0.3 is 0 Å². The molecule has 0 bridgehead atoms. The van der Waals surface area contributed by atoms with Gasteiger partial charge in [0.25, 0.3) is 0 Å². The summed E-state index contributed by atoms with van der Waals surface area (Å²) in [6.07, 6.45) is 1.95. The summed E-state index contributed by atoms with van der Waals surface area (Å²) in [4.78, 5) is 0. The van der Waals surface area contributed by atoms with Gasteiger partial charge in [0.05, 0.1) is 0 Å². The standard InChI is InChI=1S/C13H17Cl2NO/c14-10-13(5-7-17-8-6-13)16-9-11-1-3-12(15)4-2-11/h1-4,16H,5-10H2. The molecule has 0 saturated carbocycles. The monoisotopic (exact) mass is 273 g/mol. The molecule has 0 aromatic heterocycles. The fourth-order valence-electron chi connectivity index (χ4n) is 2.01. The van der Waals surface area contributed by atoms with Crippen LogP contribution in [0.15, 0.2) is 24.3 Å². The number of ether oxygens (including phenoxy) is 1. The molecule has 1 aromatic rings. The molecular formula is C13H17Cl2NO. The van der Waals surface area contributed by atoms with E-state index in [0.29, 0.717) is 5.88 Å². The molecule has 0 spiro atoms. The summed E-state index contributed by atoms with van der Waals surface area (Å²) in [5, 5.41) is 4.34. The summed E-state index contributed by atoms with van der Waals surface area (Å²) in [5.41, 5.74) is 1.25. The van der Waals surface area contributed by atoms with Crippen molar-refractivity contribution in [3.05, 3.63) is 34.9 Å². The van der Waals surface area contributed by atoms with Gasteiger partial charge in [0.2, 0.25) is 0 Å². The second-order valence-electron chi connectivity index (χ2n) is 4.51. The summed E-state index contributed by atoms with van der Waals surface area (Å²) >= 11 is 11.9. The first-order valence-electron chi connectivity index (χ1n) is 5.87. The lowest BCUT2D eigenvalue weighted by molar-refractivity contribution is 0.0459. The summed E-state index contributed by atoms with van der Waals surface area (Å²) in [5.74, 6) is 0.629. The zero-order chi connectivity index (χ0) is 12.1. The van der Waals surface area contributed by atoms with Crippen LogP contribution in [0.2, 0.25) is 5.02 Å². The predicted molar refractivity (Wildman–Crippen MR) is 71.8 cm³/mol. The van der Waals surface area contributed by atoms with E-state index in [0.717, 1.165) is 37.6 Å². The predicted octanol–water partition coefficient (Wildman–Crippen LogP) is 3.22. The van der Waals surface area contributed by atoms with E-state index in [1.807, 2.05) is 24.3 Å². The number of hydrogen-bond acceptors (Lipinski definition) is 2. The van der Waals surface area contributed by atoms with Gasteiger partial charge in [0.15, 0.2) is 0 Å². The summed E-state index contributed by atoms with van der Waals surface area (Å²) in [6.45, 7) is 2.41. The first-order chi connectivity index (χ1) is 8.24. The maximum atomic E-state index is 6.09. The van der Waals surface area contributed by atoms with E-state index in [2.05, 4.69) is 5.32 Å². The summed E-state index contributed by atoms with van der Waals surface area (Å²) in [7, 11) is 0. The van der Waals surface area contributed by atoms with Crippen molar-refractivity contribution in [3.8, 4) is 0 Å². The topological polar surface area (TPSA) is 21.3 Å². The molecule has 1 aliphatic heterocycles. The van der Waals surface area contributed by atoms with Crippen LogP contribution in [0.1, 0.15) is 18.4 Å². The quantitative estimate of drug-likeness (QED) is 0.851. The number of rotatable bonds is 4. The van der Waals surface area contributed by atoms with Gasteiger partial charge in [0.1, 0.15) is 0 Å². The minimum Gasteiger partial charge on any atom is -0.381 e. The van der Waals surface area contributed by atoms with Crippen molar-refractivity contribution in [2.24, 2.45) is 0 Å². The van der Waals surface area contributed by atoms with Crippen molar-refractivity contribution in [1.82, 2.24) is 5.32 Å². The van der Waals surface area contributed by atoms with Crippen LogP contribution in [0.25, 0.3) is 0 Å². The molecule has 94 valence electrons. The molecule has 0 amide bonds.